The number of halogens is 2. The van der Waals surface area contributed by atoms with Crippen LogP contribution in [-0.4, -0.2) is 18.3 Å². The van der Waals surface area contributed by atoms with E-state index in [2.05, 4.69) is 5.32 Å². The average molecular weight is 216 g/mol. The van der Waals surface area contributed by atoms with Crippen LogP contribution in [0.5, 0.6) is 0 Å². The zero-order valence-corrected chi connectivity index (χ0v) is 8.43. The third kappa shape index (κ3) is 3.06. The van der Waals surface area contributed by atoms with Gasteiger partial charge in [0.25, 0.3) is 0 Å². The first-order valence-electron chi connectivity index (χ1n) is 4.63. The number of nitrogens with two attached hydrogens (primary N) is 1. The molecule has 0 heterocycles. The predicted octanol–water partition coefficient (Wildman–Crippen LogP) is 1.59. The highest BCUT2D eigenvalue weighted by molar-refractivity contribution is 5.54. The number of nitrogen functional groups attached to an aromatic ring is 1. The maximum absolute atomic E-state index is 13.2. The van der Waals surface area contributed by atoms with E-state index in [4.69, 9.17) is 10.8 Å². The lowest BCUT2D eigenvalue weighted by Gasteiger charge is -2.12. The molecule has 0 aliphatic heterocycles. The van der Waals surface area contributed by atoms with Gasteiger partial charge in [0.05, 0.1) is 0 Å². The molecule has 1 aromatic carbocycles. The molecule has 0 aromatic heterocycles. The lowest BCUT2D eigenvalue weighted by atomic mass is 10.2. The van der Waals surface area contributed by atoms with Crippen molar-refractivity contribution >= 4 is 11.4 Å². The van der Waals surface area contributed by atoms with Gasteiger partial charge in [-0.25, -0.2) is 8.78 Å². The topological polar surface area (TPSA) is 58.3 Å². The Morgan fingerprint density at radius 3 is 2.40 bits per heavy atom. The summed E-state index contributed by atoms with van der Waals surface area (Å²) in [5.41, 5.74) is 5.11. The van der Waals surface area contributed by atoms with Gasteiger partial charge in [0.15, 0.2) is 11.6 Å². The highest BCUT2D eigenvalue weighted by Crippen LogP contribution is 2.21. The second kappa shape index (κ2) is 4.93. The first kappa shape index (κ1) is 11.7. The van der Waals surface area contributed by atoms with Gasteiger partial charge in [-0.3, -0.25) is 0 Å². The quantitative estimate of drug-likeness (QED) is 0.670. The number of aliphatic hydroxyl groups is 1. The van der Waals surface area contributed by atoms with Crippen LogP contribution in [0.4, 0.5) is 20.2 Å². The zero-order chi connectivity index (χ0) is 11.4. The number of rotatable bonds is 4. The number of anilines is 2. The third-order valence-corrected chi connectivity index (χ3v) is 2.00. The smallest absolute Gasteiger partial charge is 0.151 e. The largest absolute Gasteiger partial charge is 0.399 e. The van der Waals surface area contributed by atoms with E-state index in [9.17, 15) is 8.78 Å². The van der Waals surface area contributed by atoms with Crippen LogP contribution in [0.2, 0.25) is 0 Å². The molecule has 1 unspecified atom stereocenters. The van der Waals surface area contributed by atoms with Crippen molar-refractivity contribution in [1.82, 2.24) is 0 Å². The Morgan fingerprint density at radius 2 is 1.93 bits per heavy atom. The van der Waals surface area contributed by atoms with Crippen LogP contribution in [-0.2, 0) is 0 Å². The first-order chi connectivity index (χ1) is 7.04. The summed E-state index contributed by atoms with van der Waals surface area (Å²) in [5.74, 6) is -1.52. The van der Waals surface area contributed by atoms with Gasteiger partial charge in [-0.1, -0.05) is 6.92 Å². The maximum atomic E-state index is 13.2. The highest BCUT2D eigenvalue weighted by Gasteiger charge is 2.10. The van der Waals surface area contributed by atoms with E-state index < -0.39 is 11.6 Å². The number of hydrogen-bond acceptors (Lipinski definition) is 3. The number of nitrogens with one attached hydrogen (secondary N) is 1. The lowest BCUT2D eigenvalue weighted by molar-refractivity contribution is 0.244. The Bertz CT molecular complexity index is 321. The van der Waals surface area contributed by atoms with Gasteiger partial charge in [-0.2, -0.15) is 0 Å². The second-order valence-electron chi connectivity index (χ2n) is 3.53. The Kier molecular flexibility index (Phi) is 3.85. The molecular weight excluding hydrogens is 202 g/mol. The van der Waals surface area contributed by atoms with Crippen LogP contribution in [0.25, 0.3) is 0 Å². The van der Waals surface area contributed by atoms with Crippen molar-refractivity contribution in [2.24, 2.45) is 5.92 Å². The molecule has 0 bridgehead atoms. The molecule has 0 aliphatic rings. The molecule has 1 aromatic rings. The number of benzene rings is 1. The molecule has 1 atom stereocenters. The number of aliphatic hydroxyl groups excluding tert-OH is 1. The second-order valence-corrected chi connectivity index (χ2v) is 3.53. The van der Waals surface area contributed by atoms with Gasteiger partial charge in [-0.05, 0) is 18.1 Å². The van der Waals surface area contributed by atoms with Crippen molar-refractivity contribution < 1.29 is 13.9 Å². The predicted molar refractivity (Wildman–Crippen MR) is 55.5 cm³/mol. The van der Waals surface area contributed by atoms with Crippen LogP contribution in [0.1, 0.15) is 6.92 Å². The van der Waals surface area contributed by atoms with Gasteiger partial charge in [0.2, 0.25) is 0 Å². The standard InChI is InChI=1S/C10H14F2N2O/c1-6(5-15)4-14-10-8(11)2-7(13)3-9(10)12/h2-3,6,14-15H,4-5,13H2,1H3. The fourth-order valence-corrected chi connectivity index (χ4v) is 1.10. The molecule has 0 fully saturated rings. The van der Waals surface area contributed by atoms with E-state index in [1.54, 1.807) is 6.92 Å². The van der Waals surface area contributed by atoms with E-state index in [0.29, 0.717) is 6.54 Å². The van der Waals surface area contributed by atoms with E-state index in [1.807, 2.05) is 0 Å². The normalized spacial score (nSPS) is 12.5. The molecule has 1 rings (SSSR count). The summed E-state index contributed by atoms with van der Waals surface area (Å²) in [7, 11) is 0. The molecule has 0 saturated carbocycles. The molecule has 3 nitrogen and oxygen atoms in total. The summed E-state index contributed by atoms with van der Waals surface area (Å²) in [6.07, 6.45) is 0. The minimum absolute atomic E-state index is 0.0365. The molecule has 0 saturated heterocycles. The van der Waals surface area contributed by atoms with Gasteiger partial charge in [-0.15, -0.1) is 0 Å². The van der Waals surface area contributed by atoms with E-state index in [1.165, 1.54) is 0 Å². The van der Waals surface area contributed by atoms with E-state index in [-0.39, 0.29) is 23.9 Å². The van der Waals surface area contributed by atoms with Crippen LogP contribution in [0, 0.1) is 17.6 Å². The molecular formula is C10H14F2N2O. The molecule has 5 heteroatoms. The summed E-state index contributed by atoms with van der Waals surface area (Å²) in [6.45, 7) is 2.03. The minimum atomic E-state index is -0.724. The Hall–Kier alpha value is -1.36. The number of hydrogen-bond donors (Lipinski definition) is 3. The molecule has 15 heavy (non-hydrogen) atoms. The van der Waals surface area contributed by atoms with Crippen LogP contribution < -0.4 is 11.1 Å². The van der Waals surface area contributed by atoms with Crippen molar-refractivity contribution in [3.05, 3.63) is 23.8 Å². The molecule has 4 N–H and O–H groups in total. The van der Waals surface area contributed by atoms with Crippen LogP contribution >= 0.6 is 0 Å². The molecule has 84 valence electrons. The summed E-state index contributed by atoms with van der Waals surface area (Å²) >= 11 is 0. The highest BCUT2D eigenvalue weighted by atomic mass is 19.1. The Balaban J connectivity index is 2.77. The van der Waals surface area contributed by atoms with Crippen molar-refractivity contribution in [3.8, 4) is 0 Å². The molecule has 0 amide bonds. The Morgan fingerprint density at radius 1 is 1.40 bits per heavy atom. The van der Waals surface area contributed by atoms with Crippen LogP contribution in [0.15, 0.2) is 12.1 Å². The fraction of sp³-hybridized carbons (Fsp3) is 0.400. The monoisotopic (exact) mass is 216 g/mol. The molecule has 0 spiro atoms. The van der Waals surface area contributed by atoms with Gasteiger partial charge >= 0.3 is 0 Å². The van der Waals surface area contributed by atoms with Crippen molar-refractivity contribution in [2.45, 2.75) is 6.92 Å². The summed E-state index contributed by atoms with van der Waals surface area (Å²) in [5, 5.41) is 11.3. The summed E-state index contributed by atoms with van der Waals surface area (Å²) in [6, 6.07) is 2.10. The minimum Gasteiger partial charge on any atom is -0.399 e. The van der Waals surface area contributed by atoms with Crippen molar-refractivity contribution in [2.75, 3.05) is 24.2 Å². The third-order valence-electron chi connectivity index (χ3n) is 2.00. The van der Waals surface area contributed by atoms with Gasteiger partial charge in [0, 0.05) is 18.8 Å². The lowest BCUT2D eigenvalue weighted by Crippen LogP contribution is -2.16. The maximum Gasteiger partial charge on any atom is 0.151 e. The van der Waals surface area contributed by atoms with E-state index in [0.717, 1.165) is 12.1 Å². The molecule has 0 aliphatic carbocycles. The van der Waals surface area contributed by atoms with E-state index >= 15 is 0 Å². The van der Waals surface area contributed by atoms with Gasteiger partial charge < -0.3 is 16.2 Å². The van der Waals surface area contributed by atoms with Crippen LogP contribution in [0.3, 0.4) is 0 Å². The Labute approximate surface area is 86.9 Å². The van der Waals surface area contributed by atoms with Gasteiger partial charge in [0.1, 0.15) is 5.69 Å². The molecule has 0 radical (unpaired) electrons. The van der Waals surface area contributed by atoms with Crippen molar-refractivity contribution in [3.63, 3.8) is 0 Å². The summed E-state index contributed by atoms with van der Waals surface area (Å²) < 4.78 is 26.4. The first-order valence-corrected chi connectivity index (χ1v) is 4.63. The SMILES string of the molecule is CC(CO)CNc1c(F)cc(N)cc1F. The zero-order valence-electron chi connectivity index (χ0n) is 8.43. The fourth-order valence-electron chi connectivity index (χ4n) is 1.10. The summed E-state index contributed by atoms with van der Waals surface area (Å²) in [4.78, 5) is 0. The van der Waals surface area contributed by atoms with Crippen molar-refractivity contribution in [1.29, 1.82) is 0 Å². The average Bonchev–Trinajstić information content (AvgIpc) is 2.15.